The van der Waals surface area contributed by atoms with Crippen LogP contribution in [0.5, 0.6) is 0 Å². The maximum Gasteiger partial charge on any atom is 0.318 e. The lowest BCUT2D eigenvalue weighted by Crippen LogP contribution is -2.42. The molecule has 4 rings (SSSR count). The quantitative estimate of drug-likeness (QED) is 0.739. The Morgan fingerprint density at radius 2 is 2.17 bits per heavy atom. The fraction of sp³-hybridized carbons (Fsp3) is 0.316. The number of hydrogen-bond donors (Lipinski definition) is 2. The van der Waals surface area contributed by atoms with Gasteiger partial charge in [-0.05, 0) is 49.4 Å². The van der Waals surface area contributed by atoms with Crippen molar-refractivity contribution in [3.63, 3.8) is 0 Å². The molecule has 0 bridgehead atoms. The number of rotatable bonds is 5. The van der Waals surface area contributed by atoms with Crippen molar-refractivity contribution in [3.05, 3.63) is 60.2 Å². The van der Waals surface area contributed by atoms with Crippen molar-refractivity contribution >= 4 is 16.9 Å². The van der Waals surface area contributed by atoms with Crippen LogP contribution in [0, 0.1) is 0 Å². The Morgan fingerprint density at radius 1 is 1.33 bits per heavy atom. The summed E-state index contributed by atoms with van der Waals surface area (Å²) in [5.74, 6) is 0.822. The largest absolute Gasteiger partial charge is 0.467 e. The van der Waals surface area contributed by atoms with Gasteiger partial charge in [0.2, 0.25) is 0 Å². The van der Waals surface area contributed by atoms with Crippen molar-refractivity contribution in [2.75, 3.05) is 0 Å². The van der Waals surface area contributed by atoms with Crippen LogP contribution in [-0.2, 0) is 6.54 Å². The SMILES string of the molecule is CC(c1ccco1)N(C(=O)NCc1cc2ccccc2[nH]1)C1CC1. The minimum absolute atomic E-state index is 0.0416. The Kier molecular flexibility index (Phi) is 3.76. The number of nitrogens with one attached hydrogen (secondary N) is 2. The first-order valence-electron chi connectivity index (χ1n) is 8.38. The van der Waals surface area contributed by atoms with Crippen LogP contribution >= 0.6 is 0 Å². The summed E-state index contributed by atoms with van der Waals surface area (Å²) >= 11 is 0. The maximum atomic E-state index is 12.7. The summed E-state index contributed by atoms with van der Waals surface area (Å²) in [6.07, 6.45) is 3.77. The molecule has 0 radical (unpaired) electrons. The highest BCUT2D eigenvalue weighted by Gasteiger charge is 2.37. The number of urea groups is 1. The lowest BCUT2D eigenvalue weighted by atomic mass is 10.2. The summed E-state index contributed by atoms with van der Waals surface area (Å²) in [5.41, 5.74) is 2.09. The van der Waals surface area contributed by atoms with Gasteiger partial charge in [-0.3, -0.25) is 0 Å². The summed E-state index contributed by atoms with van der Waals surface area (Å²) in [4.78, 5) is 18.0. The number of aromatic nitrogens is 1. The van der Waals surface area contributed by atoms with E-state index < -0.39 is 0 Å². The molecule has 3 aromatic rings. The van der Waals surface area contributed by atoms with Crippen molar-refractivity contribution in [1.29, 1.82) is 0 Å². The van der Waals surface area contributed by atoms with E-state index in [1.54, 1.807) is 6.26 Å². The van der Waals surface area contributed by atoms with E-state index in [9.17, 15) is 4.79 Å². The summed E-state index contributed by atoms with van der Waals surface area (Å²) in [5, 5.41) is 4.20. The molecule has 1 unspecified atom stereocenters. The number of para-hydroxylation sites is 1. The van der Waals surface area contributed by atoms with Crippen LogP contribution < -0.4 is 5.32 Å². The maximum absolute atomic E-state index is 12.7. The number of carbonyl (C=O) groups excluding carboxylic acids is 1. The second kappa shape index (κ2) is 6.07. The van der Waals surface area contributed by atoms with Gasteiger partial charge in [0.25, 0.3) is 0 Å². The molecular weight excluding hydrogens is 302 g/mol. The van der Waals surface area contributed by atoms with Crippen LogP contribution in [0.2, 0.25) is 0 Å². The average Bonchev–Trinajstić information content (AvgIpc) is 3.13. The van der Waals surface area contributed by atoms with Crippen molar-refractivity contribution in [2.24, 2.45) is 0 Å². The molecule has 1 saturated carbocycles. The van der Waals surface area contributed by atoms with Crippen LogP contribution in [0.1, 0.15) is 37.3 Å². The zero-order valence-corrected chi connectivity index (χ0v) is 13.7. The summed E-state index contributed by atoms with van der Waals surface area (Å²) in [7, 11) is 0. The Balaban J connectivity index is 1.45. The van der Waals surface area contributed by atoms with Crippen LogP contribution in [0.25, 0.3) is 10.9 Å². The number of aromatic amines is 1. The molecule has 2 aromatic heterocycles. The fourth-order valence-electron chi connectivity index (χ4n) is 3.17. The Bertz CT molecular complexity index is 800. The number of hydrogen-bond acceptors (Lipinski definition) is 2. The lowest BCUT2D eigenvalue weighted by molar-refractivity contribution is 0.166. The number of nitrogens with zero attached hydrogens (tertiary/aromatic N) is 1. The molecule has 1 aliphatic rings. The summed E-state index contributed by atoms with van der Waals surface area (Å²) in [6.45, 7) is 2.50. The molecule has 1 aromatic carbocycles. The third-order valence-electron chi connectivity index (χ3n) is 4.56. The molecule has 2 heterocycles. The monoisotopic (exact) mass is 323 g/mol. The van der Waals surface area contributed by atoms with Gasteiger partial charge in [-0.2, -0.15) is 0 Å². The molecule has 0 saturated heterocycles. The number of H-pyrrole nitrogens is 1. The molecule has 1 fully saturated rings. The van der Waals surface area contributed by atoms with Gasteiger partial charge in [0, 0.05) is 17.3 Å². The van der Waals surface area contributed by atoms with Crippen molar-refractivity contribution in [1.82, 2.24) is 15.2 Å². The number of fused-ring (bicyclic) bond motifs is 1. The second-order valence-corrected chi connectivity index (χ2v) is 6.37. The topological polar surface area (TPSA) is 61.3 Å². The highest BCUT2D eigenvalue weighted by atomic mass is 16.3. The third-order valence-corrected chi connectivity index (χ3v) is 4.56. The molecule has 124 valence electrons. The van der Waals surface area contributed by atoms with Crippen molar-refractivity contribution in [2.45, 2.75) is 38.4 Å². The van der Waals surface area contributed by atoms with Gasteiger partial charge in [0.1, 0.15) is 5.76 Å². The summed E-state index contributed by atoms with van der Waals surface area (Å²) in [6, 6.07) is 14.2. The van der Waals surface area contributed by atoms with Crippen LogP contribution in [0.15, 0.2) is 53.1 Å². The fourth-order valence-corrected chi connectivity index (χ4v) is 3.17. The zero-order chi connectivity index (χ0) is 16.5. The van der Waals surface area contributed by atoms with Gasteiger partial charge in [0.05, 0.1) is 18.8 Å². The Morgan fingerprint density at radius 3 is 2.88 bits per heavy atom. The molecule has 2 amide bonds. The molecule has 5 heteroatoms. The van der Waals surface area contributed by atoms with Crippen molar-refractivity contribution < 1.29 is 9.21 Å². The van der Waals surface area contributed by atoms with Gasteiger partial charge in [-0.25, -0.2) is 4.79 Å². The third kappa shape index (κ3) is 2.89. The first kappa shape index (κ1) is 14.9. The molecule has 1 aliphatic carbocycles. The highest BCUT2D eigenvalue weighted by molar-refractivity contribution is 5.80. The van der Waals surface area contributed by atoms with Crippen molar-refractivity contribution in [3.8, 4) is 0 Å². The van der Waals surface area contributed by atoms with Crippen LogP contribution in [0.3, 0.4) is 0 Å². The number of furan rings is 1. The highest BCUT2D eigenvalue weighted by Crippen LogP contribution is 2.34. The second-order valence-electron chi connectivity index (χ2n) is 6.37. The standard InChI is InChI=1S/C19H21N3O2/c1-13(18-7-4-10-24-18)22(16-8-9-16)19(23)20-12-15-11-14-5-2-3-6-17(14)21-15/h2-7,10-11,13,16,21H,8-9,12H2,1H3,(H,20,23). The molecular formula is C19H21N3O2. The van der Waals surface area contributed by atoms with Gasteiger partial charge >= 0.3 is 6.03 Å². The molecule has 0 aliphatic heterocycles. The molecule has 24 heavy (non-hydrogen) atoms. The van der Waals surface area contributed by atoms with Crippen LogP contribution in [0.4, 0.5) is 4.79 Å². The smallest absolute Gasteiger partial charge is 0.318 e. The minimum Gasteiger partial charge on any atom is -0.467 e. The molecule has 2 N–H and O–H groups in total. The number of carbonyl (C=O) groups is 1. The van der Waals surface area contributed by atoms with E-state index in [1.807, 2.05) is 42.2 Å². The molecule has 5 nitrogen and oxygen atoms in total. The van der Waals surface area contributed by atoms with E-state index in [1.165, 1.54) is 0 Å². The van der Waals surface area contributed by atoms with Gasteiger partial charge < -0.3 is 19.6 Å². The first-order valence-corrected chi connectivity index (χ1v) is 8.38. The van der Waals surface area contributed by atoms with E-state index in [2.05, 4.69) is 22.4 Å². The number of benzene rings is 1. The van der Waals surface area contributed by atoms with Gasteiger partial charge in [-0.1, -0.05) is 18.2 Å². The Hall–Kier alpha value is -2.69. The zero-order valence-electron chi connectivity index (χ0n) is 13.7. The van der Waals surface area contributed by atoms with Gasteiger partial charge in [-0.15, -0.1) is 0 Å². The van der Waals surface area contributed by atoms with E-state index >= 15 is 0 Å². The Labute approximate surface area is 140 Å². The predicted octanol–water partition coefficient (Wildman–Crippen LogP) is 4.20. The van der Waals surface area contributed by atoms with Crippen LogP contribution in [-0.4, -0.2) is 22.0 Å². The van der Waals surface area contributed by atoms with E-state index in [4.69, 9.17) is 4.42 Å². The van der Waals surface area contributed by atoms with E-state index in [0.29, 0.717) is 12.6 Å². The minimum atomic E-state index is -0.0600. The summed E-state index contributed by atoms with van der Waals surface area (Å²) < 4.78 is 5.48. The molecule has 1 atom stereocenters. The molecule has 0 spiro atoms. The normalized spacial score (nSPS) is 15.4. The number of amides is 2. The van der Waals surface area contributed by atoms with E-state index in [0.717, 1.165) is 35.2 Å². The average molecular weight is 323 g/mol. The predicted molar refractivity (Wildman–Crippen MR) is 92.5 cm³/mol. The van der Waals surface area contributed by atoms with E-state index in [-0.39, 0.29) is 12.1 Å². The lowest BCUT2D eigenvalue weighted by Gasteiger charge is -2.28. The first-order chi connectivity index (χ1) is 11.7. The van der Waals surface area contributed by atoms with Gasteiger partial charge in [0.15, 0.2) is 0 Å².